The summed E-state index contributed by atoms with van der Waals surface area (Å²) in [6, 6.07) is 6.73. The Kier molecular flexibility index (Phi) is 3.29. The Balaban J connectivity index is 2.12. The average Bonchev–Trinajstić information content (AvgIpc) is 3.31. The minimum absolute atomic E-state index is 0.0574. The van der Waals surface area contributed by atoms with E-state index in [0.717, 1.165) is 29.9 Å². The summed E-state index contributed by atoms with van der Waals surface area (Å²) in [7, 11) is 1.81. The normalized spacial score (nSPS) is 14.0. The number of hydrogen-bond acceptors (Lipinski definition) is 5. The highest BCUT2D eigenvalue weighted by Gasteiger charge is 2.26. The van der Waals surface area contributed by atoms with Gasteiger partial charge in [-0.15, -0.1) is 0 Å². The van der Waals surface area contributed by atoms with Crippen LogP contribution in [0.25, 0.3) is 11.4 Å². The number of nitro benzene ring substituents is 1. The fraction of sp³-hybridized carbons (Fsp3) is 0.333. The van der Waals surface area contributed by atoms with E-state index in [1.165, 1.54) is 6.07 Å². The van der Waals surface area contributed by atoms with Crippen molar-refractivity contribution in [3.05, 3.63) is 45.6 Å². The van der Waals surface area contributed by atoms with Gasteiger partial charge in [-0.25, -0.2) is 9.97 Å². The smallest absolute Gasteiger partial charge is 0.270 e. The SMILES string of the molecule is CNc1cc(C2CC2)nc(-c2cc([N+](=O)[O-])ccc2C)n1. The van der Waals surface area contributed by atoms with Gasteiger partial charge in [0.2, 0.25) is 0 Å². The van der Waals surface area contributed by atoms with Gasteiger partial charge in [-0.1, -0.05) is 6.07 Å². The lowest BCUT2D eigenvalue weighted by Crippen LogP contribution is -2.01. The molecule has 21 heavy (non-hydrogen) atoms. The monoisotopic (exact) mass is 284 g/mol. The van der Waals surface area contributed by atoms with Gasteiger partial charge in [-0.3, -0.25) is 10.1 Å². The zero-order valence-electron chi connectivity index (χ0n) is 12.0. The molecule has 0 radical (unpaired) electrons. The molecule has 1 fully saturated rings. The van der Waals surface area contributed by atoms with E-state index in [1.54, 1.807) is 12.1 Å². The van der Waals surface area contributed by atoms with Crippen LogP contribution in [0.5, 0.6) is 0 Å². The summed E-state index contributed by atoms with van der Waals surface area (Å²) < 4.78 is 0. The zero-order chi connectivity index (χ0) is 15.0. The molecule has 108 valence electrons. The van der Waals surface area contributed by atoms with Crippen molar-refractivity contribution >= 4 is 11.5 Å². The average molecular weight is 284 g/mol. The van der Waals surface area contributed by atoms with Crippen molar-refractivity contribution in [2.24, 2.45) is 0 Å². The summed E-state index contributed by atoms with van der Waals surface area (Å²) in [6.45, 7) is 1.91. The maximum atomic E-state index is 11.0. The van der Waals surface area contributed by atoms with Crippen molar-refractivity contribution in [2.45, 2.75) is 25.7 Å². The maximum Gasteiger partial charge on any atom is 0.270 e. The highest BCUT2D eigenvalue weighted by molar-refractivity contribution is 5.65. The van der Waals surface area contributed by atoms with Gasteiger partial charge in [0.05, 0.1) is 4.92 Å². The van der Waals surface area contributed by atoms with Crippen LogP contribution >= 0.6 is 0 Å². The van der Waals surface area contributed by atoms with Crippen molar-refractivity contribution in [1.82, 2.24) is 9.97 Å². The number of hydrogen-bond donors (Lipinski definition) is 1. The van der Waals surface area contributed by atoms with Gasteiger partial charge < -0.3 is 5.32 Å². The van der Waals surface area contributed by atoms with Crippen LogP contribution in [0.4, 0.5) is 11.5 Å². The van der Waals surface area contributed by atoms with E-state index < -0.39 is 4.92 Å². The van der Waals surface area contributed by atoms with E-state index in [4.69, 9.17) is 0 Å². The lowest BCUT2D eigenvalue weighted by atomic mass is 10.1. The molecule has 1 N–H and O–H groups in total. The molecule has 0 spiro atoms. The topological polar surface area (TPSA) is 81.0 Å². The summed E-state index contributed by atoms with van der Waals surface area (Å²) in [5, 5.41) is 14.0. The number of anilines is 1. The fourth-order valence-electron chi connectivity index (χ4n) is 2.27. The Bertz CT molecular complexity index is 711. The highest BCUT2D eigenvalue weighted by atomic mass is 16.6. The van der Waals surface area contributed by atoms with E-state index >= 15 is 0 Å². The highest BCUT2D eigenvalue weighted by Crippen LogP contribution is 2.40. The number of aromatic nitrogens is 2. The molecule has 1 aromatic carbocycles. The molecule has 6 heteroatoms. The number of nitrogens with one attached hydrogen (secondary N) is 1. The first kappa shape index (κ1) is 13.5. The van der Waals surface area contributed by atoms with Crippen LogP contribution in [0.1, 0.15) is 30.0 Å². The summed E-state index contributed by atoms with van der Waals surface area (Å²) in [6.07, 6.45) is 2.29. The molecule has 0 bridgehead atoms. The number of benzene rings is 1. The molecule has 0 atom stereocenters. The number of non-ortho nitro benzene ring substituents is 1. The Morgan fingerprint density at radius 3 is 2.67 bits per heavy atom. The molecule has 1 aromatic heterocycles. The van der Waals surface area contributed by atoms with Gasteiger partial charge >= 0.3 is 0 Å². The van der Waals surface area contributed by atoms with Crippen LogP contribution in [-0.2, 0) is 0 Å². The summed E-state index contributed by atoms with van der Waals surface area (Å²) in [5.74, 6) is 1.79. The molecule has 1 saturated carbocycles. The third-order valence-electron chi connectivity index (χ3n) is 3.67. The summed E-state index contributed by atoms with van der Waals surface area (Å²) >= 11 is 0. The van der Waals surface area contributed by atoms with Crippen molar-refractivity contribution in [1.29, 1.82) is 0 Å². The lowest BCUT2D eigenvalue weighted by Gasteiger charge is -2.09. The number of nitro groups is 1. The molecule has 1 heterocycles. The van der Waals surface area contributed by atoms with E-state index in [1.807, 2.05) is 20.0 Å². The minimum atomic E-state index is -0.396. The number of nitrogens with zero attached hydrogens (tertiary/aromatic N) is 3. The molecule has 0 unspecified atom stereocenters. The molecule has 0 amide bonds. The minimum Gasteiger partial charge on any atom is -0.373 e. The molecule has 0 aliphatic heterocycles. The number of aryl methyl sites for hydroxylation is 1. The second kappa shape index (κ2) is 5.12. The third kappa shape index (κ3) is 2.69. The van der Waals surface area contributed by atoms with E-state index in [-0.39, 0.29) is 5.69 Å². The van der Waals surface area contributed by atoms with Crippen molar-refractivity contribution in [2.75, 3.05) is 12.4 Å². The quantitative estimate of drug-likeness (QED) is 0.688. The first-order valence-electron chi connectivity index (χ1n) is 6.90. The molecule has 6 nitrogen and oxygen atoms in total. The van der Waals surface area contributed by atoms with Crippen LogP contribution < -0.4 is 5.32 Å². The molecule has 3 rings (SSSR count). The maximum absolute atomic E-state index is 11.0. The van der Waals surface area contributed by atoms with Gasteiger partial charge in [0.15, 0.2) is 5.82 Å². The standard InChI is InChI=1S/C15H16N4O2/c1-9-3-6-11(19(20)21)7-12(9)15-17-13(10-4-5-10)8-14(16-2)18-15/h3,6-8,10H,4-5H2,1-2H3,(H,16,17,18). The molecule has 1 aliphatic rings. The molecule has 1 aliphatic carbocycles. The lowest BCUT2D eigenvalue weighted by molar-refractivity contribution is -0.384. The van der Waals surface area contributed by atoms with Gasteiger partial charge in [-0.2, -0.15) is 0 Å². The van der Waals surface area contributed by atoms with Gasteiger partial charge in [0, 0.05) is 42.4 Å². The molecular formula is C15H16N4O2. The summed E-state index contributed by atoms with van der Waals surface area (Å²) in [5.41, 5.74) is 2.70. The van der Waals surface area contributed by atoms with E-state index in [2.05, 4.69) is 15.3 Å². The zero-order valence-corrected chi connectivity index (χ0v) is 12.0. The van der Waals surface area contributed by atoms with Gasteiger partial charge in [-0.05, 0) is 25.3 Å². The van der Waals surface area contributed by atoms with Crippen LogP contribution in [0.2, 0.25) is 0 Å². The molecule has 0 saturated heterocycles. The van der Waals surface area contributed by atoms with E-state index in [0.29, 0.717) is 17.3 Å². The first-order valence-corrected chi connectivity index (χ1v) is 6.90. The number of rotatable bonds is 4. The molecule has 2 aromatic rings. The Morgan fingerprint density at radius 2 is 2.05 bits per heavy atom. The van der Waals surface area contributed by atoms with Crippen LogP contribution in [0.15, 0.2) is 24.3 Å². The summed E-state index contributed by atoms with van der Waals surface area (Å²) in [4.78, 5) is 19.6. The Labute approximate surface area is 122 Å². The third-order valence-corrected chi connectivity index (χ3v) is 3.67. The predicted octanol–water partition coefficient (Wildman–Crippen LogP) is 3.28. The second-order valence-corrected chi connectivity index (χ2v) is 5.28. The second-order valence-electron chi connectivity index (χ2n) is 5.28. The molecular weight excluding hydrogens is 268 g/mol. The van der Waals surface area contributed by atoms with Crippen molar-refractivity contribution < 1.29 is 4.92 Å². The van der Waals surface area contributed by atoms with Crippen LogP contribution in [0, 0.1) is 17.0 Å². The van der Waals surface area contributed by atoms with Crippen LogP contribution in [-0.4, -0.2) is 21.9 Å². The first-order chi connectivity index (χ1) is 10.1. The van der Waals surface area contributed by atoms with Crippen molar-refractivity contribution in [3.8, 4) is 11.4 Å². The fourth-order valence-corrected chi connectivity index (χ4v) is 2.27. The van der Waals surface area contributed by atoms with Crippen molar-refractivity contribution in [3.63, 3.8) is 0 Å². The van der Waals surface area contributed by atoms with E-state index in [9.17, 15) is 10.1 Å². The largest absolute Gasteiger partial charge is 0.373 e. The predicted molar refractivity (Wildman–Crippen MR) is 80.4 cm³/mol. The van der Waals surface area contributed by atoms with Gasteiger partial charge in [0.25, 0.3) is 5.69 Å². The Morgan fingerprint density at radius 1 is 1.29 bits per heavy atom. The Hall–Kier alpha value is -2.50. The van der Waals surface area contributed by atoms with Crippen LogP contribution in [0.3, 0.4) is 0 Å². The van der Waals surface area contributed by atoms with Gasteiger partial charge in [0.1, 0.15) is 5.82 Å².